The van der Waals surface area contributed by atoms with Gasteiger partial charge < -0.3 is 0 Å². The van der Waals surface area contributed by atoms with Crippen LogP contribution in [0, 0.1) is 6.42 Å². The minimum atomic E-state index is -0.770. The van der Waals surface area contributed by atoms with Crippen LogP contribution in [0.5, 0.6) is 0 Å². The van der Waals surface area contributed by atoms with E-state index in [2.05, 4.69) is 0 Å². The van der Waals surface area contributed by atoms with Crippen molar-refractivity contribution in [1.29, 1.82) is 0 Å². The Hall–Kier alpha value is -0.330. The van der Waals surface area contributed by atoms with Gasteiger partial charge in [-0.15, -0.1) is 0 Å². The molecule has 1 aliphatic rings. The summed E-state index contributed by atoms with van der Waals surface area (Å²) < 4.78 is 12.0. The van der Waals surface area contributed by atoms with Gasteiger partial charge in [0.1, 0.15) is 6.17 Å². The fraction of sp³-hybridized carbons (Fsp3) is 0.500. The molecule has 0 saturated heterocycles. The maximum Gasteiger partial charge on any atom is 0.121 e. The highest BCUT2D eigenvalue weighted by Crippen LogP contribution is 2.10. The molecule has 0 N–H and O–H groups in total. The van der Waals surface area contributed by atoms with Crippen LogP contribution in [0.4, 0.5) is 4.39 Å². The summed E-state index contributed by atoms with van der Waals surface area (Å²) in [4.78, 5) is 0. The number of halogens is 1. The van der Waals surface area contributed by atoms with E-state index in [-0.39, 0.29) is 0 Å². The van der Waals surface area contributed by atoms with Gasteiger partial charge in [0.05, 0.1) is 0 Å². The molecule has 0 aromatic rings. The molecular formula is C6H8F. The van der Waals surface area contributed by atoms with Gasteiger partial charge in [-0.05, 0) is 19.3 Å². The molecule has 0 aromatic heterocycles. The first kappa shape index (κ1) is 4.82. The standard InChI is InChI=1S/C6H8F/c7-6-4-2-1-3-5-6/h2,4-6H,1,3H2. The van der Waals surface area contributed by atoms with E-state index >= 15 is 0 Å². The Kier molecular flexibility index (Phi) is 1.45. The third-order valence-corrected chi connectivity index (χ3v) is 1.05. The Morgan fingerprint density at radius 1 is 1.43 bits per heavy atom. The monoisotopic (exact) mass is 99.1 g/mol. The average molecular weight is 99.1 g/mol. The lowest BCUT2D eigenvalue weighted by Gasteiger charge is -2.04. The Balaban J connectivity index is 2.36. The molecule has 0 spiro atoms. The molecule has 1 heteroatoms. The van der Waals surface area contributed by atoms with E-state index < -0.39 is 6.17 Å². The summed E-state index contributed by atoms with van der Waals surface area (Å²) in [6.45, 7) is 0. The second-order valence-corrected chi connectivity index (χ2v) is 1.69. The van der Waals surface area contributed by atoms with Crippen molar-refractivity contribution in [3.63, 3.8) is 0 Å². The van der Waals surface area contributed by atoms with E-state index in [0.29, 0.717) is 0 Å². The number of alkyl halides is 1. The highest BCUT2D eigenvalue weighted by molar-refractivity contribution is 5.01. The zero-order valence-electron chi connectivity index (χ0n) is 4.10. The molecule has 0 amide bonds. The van der Waals surface area contributed by atoms with E-state index in [9.17, 15) is 4.39 Å². The smallest absolute Gasteiger partial charge is 0.121 e. The summed E-state index contributed by atoms with van der Waals surface area (Å²) in [7, 11) is 0. The predicted octanol–water partition coefficient (Wildman–Crippen LogP) is 1.88. The first-order chi connectivity index (χ1) is 3.39. The molecule has 1 atom stereocenters. The van der Waals surface area contributed by atoms with Crippen LogP contribution in [-0.4, -0.2) is 6.17 Å². The topological polar surface area (TPSA) is 0 Å². The Morgan fingerprint density at radius 3 is 2.57 bits per heavy atom. The normalized spacial score (nSPS) is 30.7. The lowest BCUT2D eigenvalue weighted by molar-refractivity contribution is 0.426. The predicted molar refractivity (Wildman–Crippen MR) is 27.6 cm³/mol. The zero-order valence-corrected chi connectivity index (χ0v) is 4.10. The maximum absolute atomic E-state index is 12.0. The van der Waals surface area contributed by atoms with Crippen molar-refractivity contribution in [2.75, 3.05) is 0 Å². The molecule has 0 heterocycles. The molecule has 0 saturated carbocycles. The van der Waals surface area contributed by atoms with Gasteiger partial charge in [0.2, 0.25) is 0 Å². The summed E-state index contributed by atoms with van der Waals surface area (Å²) in [5, 5.41) is 0. The van der Waals surface area contributed by atoms with E-state index in [4.69, 9.17) is 0 Å². The van der Waals surface area contributed by atoms with E-state index in [1.54, 1.807) is 12.5 Å². The van der Waals surface area contributed by atoms with Gasteiger partial charge in [-0.1, -0.05) is 12.2 Å². The quantitative estimate of drug-likeness (QED) is 0.407. The highest BCUT2D eigenvalue weighted by Gasteiger charge is 2.03. The van der Waals surface area contributed by atoms with Gasteiger partial charge in [-0.2, -0.15) is 0 Å². The molecule has 7 heavy (non-hydrogen) atoms. The van der Waals surface area contributed by atoms with Crippen molar-refractivity contribution in [3.8, 4) is 0 Å². The number of hydrogen-bond donors (Lipinski definition) is 0. The van der Waals surface area contributed by atoms with Crippen LogP contribution in [0.3, 0.4) is 0 Å². The number of rotatable bonds is 0. The van der Waals surface area contributed by atoms with Crippen molar-refractivity contribution in [2.24, 2.45) is 0 Å². The lowest BCUT2D eigenvalue weighted by atomic mass is 10.1. The molecule has 0 fully saturated rings. The molecular weight excluding hydrogens is 91.1 g/mol. The van der Waals surface area contributed by atoms with Crippen LogP contribution in [0.2, 0.25) is 0 Å². The minimum absolute atomic E-state index is 0.770. The Bertz CT molecular complexity index is 76.2. The van der Waals surface area contributed by atoms with Crippen LogP contribution in [0.1, 0.15) is 12.8 Å². The number of hydrogen-bond acceptors (Lipinski definition) is 0. The largest absolute Gasteiger partial charge is 0.243 e. The Labute approximate surface area is 43.0 Å². The van der Waals surface area contributed by atoms with Crippen molar-refractivity contribution in [1.82, 2.24) is 0 Å². The molecule has 1 rings (SSSR count). The van der Waals surface area contributed by atoms with Crippen molar-refractivity contribution in [3.05, 3.63) is 18.6 Å². The molecule has 0 nitrogen and oxygen atoms in total. The summed E-state index contributed by atoms with van der Waals surface area (Å²) in [5.41, 5.74) is 0. The van der Waals surface area contributed by atoms with Gasteiger partial charge in [0.15, 0.2) is 0 Å². The third kappa shape index (κ3) is 1.30. The van der Waals surface area contributed by atoms with Gasteiger partial charge in [0, 0.05) is 0 Å². The molecule has 1 aliphatic carbocycles. The van der Waals surface area contributed by atoms with E-state index in [0.717, 1.165) is 12.8 Å². The fourth-order valence-corrected chi connectivity index (χ4v) is 0.656. The zero-order chi connectivity index (χ0) is 5.11. The first-order valence-corrected chi connectivity index (χ1v) is 2.53. The summed E-state index contributed by atoms with van der Waals surface area (Å²) in [6, 6.07) is 0. The van der Waals surface area contributed by atoms with Crippen LogP contribution in [0.15, 0.2) is 12.2 Å². The summed E-state index contributed by atoms with van der Waals surface area (Å²) in [6.07, 6.45) is 6.29. The SMILES string of the molecule is FC1[CH]CCC=C1. The van der Waals surface area contributed by atoms with Gasteiger partial charge in [-0.3, -0.25) is 0 Å². The van der Waals surface area contributed by atoms with Crippen LogP contribution >= 0.6 is 0 Å². The molecule has 39 valence electrons. The molecule has 0 bridgehead atoms. The van der Waals surface area contributed by atoms with Crippen LogP contribution in [-0.2, 0) is 0 Å². The van der Waals surface area contributed by atoms with Crippen molar-refractivity contribution in [2.45, 2.75) is 19.0 Å². The van der Waals surface area contributed by atoms with Crippen LogP contribution < -0.4 is 0 Å². The second kappa shape index (κ2) is 2.10. The summed E-state index contributed by atoms with van der Waals surface area (Å²) in [5.74, 6) is 0. The lowest BCUT2D eigenvalue weighted by Crippen LogP contribution is -1.99. The van der Waals surface area contributed by atoms with Crippen LogP contribution in [0.25, 0.3) is 0 Å². The van der Waals surface area contributed by atoms with Crippen molar-refractivity contribution >= 4 is 0 Å². The molecule has 0 aliphatic heterocycles. The van der Waals surface area contributed by atoms with Crippen molar-refractivity contribution < 1.29 is 4.39 Å². The molecule has 1 unspecified atom stereocenters. The highest BCUT2D eigenvalue weighted by atomic mass is 19.1. The minimum Gasteiger partial charge on any atom is -0.243 e. The second-order valence-electron chi connectivity index (χ2n) is 1.69. The summed E-state index contributed by atoms with van der Waals surface area (Å²) >= 11 is 0. The van der Waals surface area contributed by atoms with E-state index in [1.807, 2.05) is 6.08 Å². The number of allylic oxidation sites excluding steroid dienone is 2. The molecule has 1 radical (unpaired) electrons. The first-order valence-electron chi connectivity index (χ1n) is 2.53. The Morgan fingerprint density at radius 2 is 2.29 bits per heavy atom. The molecule has 0 aromatic carbocycles. The van der Waals surface area contributed by atoms with Gasteiger partial charge in [-0.25, -0.2) is 4.39 Å². The third-order valence-electron chi connectivity index (χ3n) is 1.05. The van der Waals surface area contributed by atoms with Gasteiger partial charge >= 0.3 is 0 Å². The van der Waals surface area contributed by atoms with E-state index in [1.165, 1.54) is 0 Å². The fourth-order valence-electron chi connectivity index (χ4n) is 0.656. The average Bonchev–Trinajstić information content (AvgIpc) is 1.69. The maximum atomic E-state index is 12.0. The van der Waals surface area contributed by atoms with Gasteiger partial charge in [0.25, 0.3) is 0 Å².